The maximum atomic E-state index is 13.0. The molecule has 11 heteroatoms. The summed E-state index contributed by atoms with van der Waals surface area (Å²) < 4.78 is 44.6. The fourth-order valence-electron chi connectivity index (χ4n) is 3.34. The lowest BCUT2D eigenvalue weighted by atomic mass is 10.1. The molecule has 0 aliphatic heterocycles. The van der Waals surface area contributed by atoms with E-state index in [2.05, 4.69) is 25.3 Å². The normalized spacial score (nSPS) is 11.4. The molecule has 4 aromatic rings. The summed E-state index contributed by atoms with van der Waals surface area (Å²) in [7, 11) is 0. The lowest BCUT2D eigenvalue weighted by molar-refractivity contribution is -0.137. The molecule has 2 aromatic heterocycles. The zero-order chi connectivity index (χ0) is 25.7. The molecule has 4 rings (SSSR count). The Kier molecular flexibility index (Phi) is 7.54. The van der Waals surface area contributed by atoms with Crippen LogP contribution in [-0.4, -0.2) is 26.5 Å². The van der Waals surface area contributed by atoms with E-state index in [1.54, 1.807) is 43.6 Å². The van der Waals surface area contributed by atoms with Crippen molar-refractivity contribution >= 4 is 17.5 Å². The van der Waals surface area contributed by atoms with E-state index < -0.39 is 11.7 Å². The van der Waals surface area contributed by atoms with Gasteiger partial charge in [-0.15, -0.1) is 0 Å². The van der Waals surface area contributed by atoms with Crippen molar-refractivity contribution in [1.29, 1.82) is 0 Å². The van der Waals surface area contributed by atoms with Crippen molar-refractivity contribution in [3.63, 3.8) is 0 Å². The number of rotatable bonds is 8. The number of nitrogens with one attached hydrogen (secondary N) is 2. The van der Waals surface area contributed by atoms with E-state index in [0.717, 1.165) is 23.3 Å². The second kappa shape index (κ2) is 10.8. The second-order valence-corrected chi connectivity index (χ2v) is 8.37. The van der Waals surface area contributed by atoms with Gasteiger partial charge in [-0.2, -0.15) is 13.2 Å². The van der Waals surface area contributed by atoms with Gasteiger partial charge in [0.1, 0.15) is 17.3 Å². The molecule has 2 N–H and O–H groups in total. The van der Waals surface area contributed by atoms with E-state index in [9.17, 15) is 18.0 Å². The number of alkyl halides is 3. The summed E-state index contributed by atoms with van der Waals surface area (Å²) in [6.07, 6.45) is 1.31. The van der Waals surface area contributed by atoms with Crippen LogP contribution in [0.3, 0.4) is 0 Å². The summed E-state index contributed by atoms with van der Waals surface area (Å²) in [5.74, 6) is 1.44. The first-order valence-electron chi connectivity index (χ1n) is 10.9. The number of halogens is 4. The number of anilines is 1. The molecule has 0 radical (unpaired) electrons. The molecule has 2 heterocycles. The van der Waals surface area contributed by atoms with Gasteiger partial charge < -0.3 is 10.1 Å². The Labute approximate surface area is 209 Å². The van der Waals surface area contributed by atoms with Crippen molar-refractivity contribution in [3.8, 4) is 11.5 Å². The van der Waals surface area contributed by atoms with Gasteiger partial charge in [-0.25, -0.2) is 15.0 Å². The van der Waals surface area contributed by atoms with Crippen LogP contribution in [0.25, 0.3) is 0 Å². The highest BCUT2D eigenvalue weighted by Gasteiger charge is 2.33. The van der Waals surface area contributed by atoms with E-state index in [0.29, 0.717) is 42.5 Å². The van der Waals surface area contributed by atoms with Crippen molar-refractivity contribution in [3.05, 3.63) is 105 Å². The topological polar surface area (TPSA) is 92.8 Å². The smallest absolute Gasteiger partial charge is 0.417 e. The van der Waals surface area contributed by atoms with Crippen LogP contribution < -0.4 is 15.6 Å². The SMILES string of the molecule is Cc1ncc(Cc2cnc(NCCc3ccc(Oc4ccc(Cl)c(C(F)(F)F)c4)cc3)[nH]c2=O)cn1. The van der Waals surface area contributed by atoms with Crippen LogP contribution in [0.1, 0.15) is 28.1 Å². The summed E-state index contributed by atoms with van der Waals surface area (Å²) in [5, 5.41) is 2.69. The van der Waals surface area contributed by atoms with Crippen LogP contribution in [0.2, 0.25) is 5.02 Å². The predicted octanol–water partition coefficient (Wildman–Crippen LogP) is 5.58. The minimum absolute atomic E-state index is 0.0366. The summed E-state index contributed by atoms with van der Waals surface area (Å²) in [6.45, 7) is 2.29. The molecule has 186 valence electrons. The quantitative estimate of drug-likeness (QED) is 0.318. The lowest BCUT2D eigenvalue weighted by Crippen LogP contribution is -2.18. The summed E-state index contributed by atoms with van der Waals surface area (Å²) >= 11 is 5.64. The molecular weight excluding hydrogens is 495 g/mol. The number of aryl methyl sites for hydroxylation is 1. The average Bonchev–Trinajstić information content (AvgIpc) is 2.84. The van der Waals surface area contributed by atoms with E-state index in [-0.39, 0.29) is 16.3 Å². The standard InChI is InChI=1S/C25H21ClF3N5O2/c1-15-31-12-17(13-32-15)10-18-14-33-24(34-23(18)35)30-9-8-16-2-4-19(5-3-16)36-20-6-7-22(26)21(11-20)25(27,28)29/h2-7,11-14H,8-10H2,1H3,(H2,30,33,34,35). The molecule has 2 aromatic carbocycles. The Bertz CT molecular complexity index is 1390. The van der Waals surface area contributed by atoms with Gasteiger partial charge in [0, 0.05) is 37.1 Å². The highest BCUT2D eigenvalue weighted by Crippen LogP contribution is 2.37. The lowest BCUT2D eigenvalue weighted by Gasteiger charge is -2.12. The van der Waals surface area contributed by atoms with E-state index in [1.165, 1.54) is 12.3 Å². The zero-order valence-corrected chi connectivity index (χ0v) is 19.8. The van der Waals surface area contributed by atoms with Crippen molar-refractivity contribution in [2.24, 2.45) is 0 Å². The highest BCUT2D eigenvalue weighted by atomic mass is 35.5. The van der Waals surface area contributed by atoms with Crippen LogP contribution in [0.5, 0.6) is 11.5 Å². The number of H-pyrrole nitrogens is 1. The molecule has 0 spiro atoms. The van der Waals surface area contributed by atoms with E-state index in [1.807, 2.05) is 0 Å². The molecule has 0 aliphatic carbocycles. The number of hydrogen-bond acceptors (Lipinski definition) is 6. The largest absolute Gasteiger partial charge is 0.457 e. The van der Waals surface area contributed by atoms with Crippen molar-refractivity contribution in [2.75, 3.05) is 11.9 Å². The predicted molar refractivity (Wildman–Crippen MR) is 130 cm³/mol. The first-order chi connectivity index (χ1) is 17.2. The molecule has 0 saturated carbocycles. The summed E-state index contributed by atoms with van der Waals surface area (Å²) in [5.41, 5.74) is 1.09. The third-order valence-corrected chi connectivity index (χ3v) is 5.54. The Morgan fingerprint density at radius 1 is 0.972 bits per heavy atom. The fraction of sp³-hybridized carbons (Fsp3) is 0.200. The van der Waals surface area contributed by atoms with E-state index in [4.69, 9.17) is 16.3 Å². The molecule has 0 unspecified atom stereocenters. The minimum Gasteiger partial charge on any atom is -0.457 e. The summed E-state index contributed by atoms with van der Waals surface area (Å²) in [4.78, 5) is 27.6. The Hall–Kier alpha value is -3.92. The van der Waals surface area contributed by atoms with Gasteiger partial charge in [0.15, 0.2) is 0 Å². The average molecular weight is 516 g/mol. The Morgan fingerprint density at radius 3 is 2.33 bits per heavy atom. The van der Waals surface area contributed by atoms with Crippen molar-refractivity contribution in [2.45, 2.75) is 25.9 Å². The number of ether oxygens (including phenoxy) is 1. The van der Waals surface area contributed by atoms with Gasteiger partial charge in [0.05, 0.1) is 10.6 Å². The minimum atomic E-state index is -4.57. The van der Waals surface area contributed by atoms with Crippen LogP contribution in [0, 0.1) is 6.92 Å². The van der Waals surface area contributed by atoms with Gasteiger partial charge in [0.25, 0.3) is 5.56 Å². The molecule has 36 heavy (non-hydrogen) atoms. The maximum Gasteiger partial charge on any atom is 0.417 e. The van der Waals surface area contributed by atoms with E-state index >= 15 is 0 Å². The van der Waals surface area contributed by atoms with Crippen LogP contribution in [-0.2, 0) is 19.0 Å². The van der Waals surface area contributed by atoms with Gasteiger partial charge in [-0.05, 0) is 54.8 Å². The fourth-order valence-corrected chi connectivity index (χ4v) is 3.56. The number of aromatic amines is 1. The third kappa shape index (κ3) is 6.60. The first kappa shape index (κ1) is 25.2. The molecule has 0 aliphatic rings. The van der Waals surface area contributed by atoms with Crippen LogP contribution in [0.15, 0.2) is 65.8 Å². The van der Waals surface area contributed by atoms with Gasteiger partial charge in [0.2, 0.25) is 5.95 Å². The number of benzene rings is 2. The molecule has 0 amide bonds. The number of hydrogen-bond donors (Lipinski definition) is 2. The monoisotopic (exact) mass is 515 g/mol. The molecule has 0 saturated heterocycles. The van der Waals surface area contributed by atoms with Crippen molar-refractivity contribution < 1.29 is 17.9 Å². The first-order valence-corrected chi connectivity index (χ1v) is 11.3. The molecule has 0 bridgehead atoms. The number of aromatic nitrogens is 4. The molecular formula is C25H21ClF3N5O2. The summed E-state index contributed by atoms with van der Waals surface area (Å²) in [6, 6.07) is 10.3. The highest BCUT2D eigenvalue weighted by molar-refractivity contribution is 6.31. The third-order valence-electron chi connectivity index (χ3n) is 5.21. The Morgan fingerprint density at radius 2 is 1.67 bits per heavy atom. The zero-order valence-electron chi connectivity index (χ0n) is 19.1. The second-order valence-electron chi connectivity index (χ2n) is 7.96. The van der Waals surface area contributed by atoms with Crippen LogP contribution >= 0.6 is 11.6 Å². The number of nitrogens with zero attached hydrogens (tertiary/aromatic N) is 3. The van der Waals surface area contributed by atoms with Gasteiger partial charge in [-0.3, -0.25) is 9.78 Å². The molecule has 7 nitrogen and oxygen atoms in total. The van der Waals surface area contributed by atoms with Crippen LogP contribution in [0.4, 0.5) is 19.1 Å². The molecule has 0 atom stereocenters. The van der Waals surface area contributed by atoms with Crippen molar-refractivity contribution in [1.82, 2.24) is 19.9 Å². The van der Waals surface area contributed by atoms with Gasteiger partial charge in [-0.1, -0.05) is 23.7 Å². The van der Waals surface area contributed by atoms with Gasteiger partial charge >= 0.3 is 6.18 Å². The molecule has 0 fully saturated rings. The maximum absolute atomic E-state index is 13.0. The Balaban J connectivity index is 1.30.